The van der Waals surface area contributed by atoms with Crippen molar-refractivity contribution in [3.63, 3.8) is 0 Å². The number of rotatable bonds is 7. The van der Waals surface area contributed by atoms with Crippen LogP contribution in [0.15, 0.2) is 59.6 Å². The van der Waals surface area contributed by atoms with Crippen LogP contribution in [0.1, 0.15) is 0 Å². The summed E-state index contributed by atoms with van der Waals surface area (Å²) in [5.41, 5.74) is 0. The molecule has 0 bridgehead atoms. The van der Waals surface area contributed by atoms with E-state index in [9.17, 15) is 8.42 Å². The summed E-state index contributed by atoms with van der Waals surface area (Å²) in [6.45, 7) is 0. The van der Waals surface area contributed by atoms with Crippen LogP contribution in [0, 0.1) is 0 Å². The van der Waals surface area contributed by atoms with Gasteiger partial charge in [0.1, 0.15) is 21.4 Å². The maximum Gasteiger partial charge on any atom is 0.339 e. The molecule has 0 amide bonds. The molecule has 0 fully saturated rings. The monoisotopic (exact) mass is 455 g/mol. The second-order valence-electron chi connectivity index (χ2n) is 5.57. The minimum Gasteiger partial charge on any atom is -0.493 e. The van der Waals surface area contributed by atoms with Crippen LogP contribution in [-0.2, 0) is 10.1 Å². The molecular formula is C19H15Cl2NO6S. The van der Waals surface area contributed by atoms with Crippen LogP contribution in [0.2, 0.25) is 10.0 Å². The molecule has 1 heterocycles. The summed E-state index contributed by atoms with van der Waals surface area (Å²) >= 11 is 11.8. The number of halogens is 2. The van der Waals surface area contributed by atoms with Crippen LogP contribution in [-0.4, -0.2) is 27.6 Å². The molecule has 0 atom stereocenters. The van der Waals surface area contributed by atoms with Gasteiger partial charge in [0, 0.05) is 12.3 Å². The Hall–Kier alpha value is -2.68. The van der Waals surface area contributed by atoms with Crippen LogP contribution in [0.4, 0.5) is 0 Å². The van der Waals surface area contributed by atoms with E-state index in [-0.39, 0.29) is 27.3 Å². The highest BCUT2D eigenvalue weighted by Crippen LogP contribution is 2.32. The van der Waals surface area contributed by atoms with Crippen LogP contribution in [0.5, 0.6) is 28.9 Å². The van der Waals surface area contributed by atoms with Crippen LogP contribution in [0.25, 0.3) is 0 Å². The Morgan fingerprint density at radius 2 is 1.52 bits per heavy atom. The summed E-state index contributed by atoms with van der Waals surface area (Å²) < 4.78 is 46.0. The van der Waals surface area contributed by atoms with E-state index in [1.165, 1.54) is 68.9 Å². The van der Waals surface area contributed by atoms with Crippen molar-refractivity contribution in [2.24, 2.45) is 0 Å². The Labute approximate surface area is 177 Å². The van der Waals surface area contributed by atoms with Gasteiger partial charge in [0.2, 0.25) is 5.88 Å². The number of benzene rings is 2. The summed E-state index contributed by atoms with van der Waals surface area (Å²) in [7, 11) is -1.21. The van der Waals surface area contributed by atoms with Crippen LogP contribution in [0.3, 0.4) is 0 Å². The molecule has 0 aliphatic heterocycles. The Bertz CT molecular complexity index is 1120. The Morgan fingerprint density at radius 3 is 2.14 bits per heavy atom. The molecule has 0 radical (unpaired) electrons. The fourth-order valence-corrected chi connectivity index (χ4v) is 3.66. The molecule has 1 aromatic heterocycles. The van der Waals surface area contributed by atoms with E-state index in [2.05, 4.69) is 4.98 Å². The molecule has 3 rings (SSSR count). The number of hydrogen-bond acceptors (Lipinski definition) is 7. The Balaban J connectivity index is 1.76. The molecule has 0 N–H and O–H groups in total. The van der Waals surface area contributed by atoms with Crippen molar-refractivity contribution in [1.82, 2.24) is 4.98 Å². The smallest absolute Gasteiger partial charge is 0.339 e. The third-order valence-electron chi connectivity index (χ3n) is 3.66. The molecule has 3 aromatic rings. The van der Waals surface area contributed by atoms with Gasteiger partial charge in [-0.05, 0) is 42.5 Å². The summed E-state index contributed by atoms with van der Waals surface area (Å²) in [6.07, 6.45) is 1.40. The van der Waals surface area contributed by atoms with Gasteiger partial charge < -0.3 is 18.4 Å². The highest BCUT2D eigenvalue weighted by molar-refractivity contribution is 7.87. The number of aromatic nitrogens is 1. The zero-order chi connectivity index (χ0) is 21.0. The maximum atomic E-state index is 12.5. The van der Waals surface area contributed by atoms with Gasteiger partial charge in [-0.2, -0.15) is 8.42 Å². The predicted molar refractivity (Wildman–Crippen MR) is 108 cm³/mol. The fourth-order valence-electron chi connectivity index (χ4n) is 2.30. The molecule has 2 aromatic carbocycles. The summed E-state index contributed by atoms with van der Waals surface area (Å²) in [6, 6.07) is 11.6. The third-order valence-corrected chi connectivity index (χ3v) is 5.38. The van der Waals surface area contributed by atoms with E-state index in [1.54, 1.807) is 0 Å². The lowest BCUT2D eigenvalue weighted by molar-refractivity contribution is 0.353. The fraction of sp³-hybridized carbons (Fsp3) is 0.105. The molecule has 0 aliphatic carbocycles. The molecule has 0 saturated carbocycles. The van der Waals surface area contributed by atoms with Gasteiger partial charge in [0.05, 0.1) is 19.2 Å². The zero-order valence-electron chi connectivity index (χ0n) is 15.3. The minimum absolute atomic E-state index is 0.0763. The van der Waals surface area contributed by atoms with Gasteiger partial charge in [0.25, 0.3) is 0 Å². The molecule has 29 heavy (non-hydrogen) atoms. The first-order valence-electron chi connectivity index (χ1n) is 8.08. The average Bonchev–Trinajstić information content (AvgIpc) is 2.70. The van der Waals surface area contributed by atoms with E-state index >= 15 is 0 Å². The van der Waals surface area contributed by atoms with E-state index in [4.69, 9.17) is 41.6 Å². The standard InChI is InChI=1S/C19H15Cl2NO6S/c1-25-17-8-7-15(10-18(17)26-2)29(23,24)28-14-5-3-13(4-6-14)27-19-16(21)9-12(20)11-22-19/h3-11H,1-2H3. The Kier molecular flexibility index (Phi) is 6.36. The molecule has 0 aliphatic rings. The Morgan fingerprint density at radius 1 is 0.862 bits per heavy atom. The van der Waals surface area contributed by atoms with Crippen molar-refractivity contribution < 1.29 is 26.8 Å². The van der Waals surface area contributed by atoms with Crippen molar-refractivity contribution in [3.05, 3.63) is 64.8 Å². The molecular weight excluding hydrogens is 441 g/mol. The second kappa shape index (κ2) is 8.77. The van der Waals surface area contributed by atoms with E-state index in [0.29, 0.717) is 16.5 Å². The predicted octanol–water partition coefficient (Wildman–Crippen LogP) is 4.97. The maximum absolute atomic E-state index is 12.5. The lowest BCUT2D eigenvalue weighted by Crippen LogP contribution is -2.10. The number of hydrogen-bond donors (Lipinski definition) is 0. The second-order valence-corrected chi connectivity index (χ2v) is 7.96. The average molecular weight is 456 g/mol. The van der Waals surface area contributed by atoms with Gasteiger partial charge >= 0.3 is 10.1 Å². The molecule has 0 saturated heterocycles. The highest BCUT2D eigenvalue weighted by atomic mass is 35.5. The number of nitrogens with zero attached hydrogens (tertiary/aromatic N) is 1. The van der Waals surface area contributed by atoms with Gasteiger partial charge in [-0.25, -0.2) is 4.98 Å². The number of ether oxygens (including phenoxy) is 3. The van der Waals surface area contributed by atoms with E-state index < -0.39 is 10.1 Å². The van der Waals surface area contributed by atoms with E-state index in [1.807, 2.05) is 0 Å². The molecule has 0 spiro atoms. The van der Waals surface area contributed by atoms with Crippen LogP contribution >= 0.6 is 23.2 Å². The van der Waals surface area contributed by atoms with Gasteiger partial charge in [0.15, 0.2) is 11.5 Å². The minimum atomic E-state index is -4.08. The molecule has 7 nitrogen and oxygen atoms in total. The normalized spacial score (nSPS) is 11.0. The molecule has 152 valence electrons. The first-order valence-corrected chi connectivity index (χ1v) is 10.2. The number of pyridine rings is 1. The number of methoxy groups -OCH3 is 2. The largest absolute Gasteiger partial charge is 0.493 e. The van der Waals surface area contributed by atoms with Crippen molar-refractivity contribution in [1.29, 1.82) is 0 Å². The first-order chi connectivity index (χ1) is 13.8. The van der Waals surface area contributed by atoms with Crippen molar-refractivity contribution in [2.45, 2.75) is 4.90 Å². The van der Waals surface area contributed by atoms with Crippen molar-refractivity contribution >= 4 is 33.3 Å². The van der Waals surface area contributed by atoms with Gasteiger partial charge in [-0.3, -0.25) is 0 Å². The topological polar surface area (TPSA) is 84.0 Å². The van der Waals surface area contributed by atoms with E-state index in [0.717, 1.165) is 0 Å². The van der Waals surface area contributed by atoms with Crippen LogP contribution < -0.4 is 18.4 Å². The first kappa shape index (κ1) is 21.0. The van der Waals surface area contributed by atoms with Crippen molar-refractivity contribution in [3.8, 4) is 28.9 Å². The van der Waals surface area contributed by atoms with Gasteiger partial charge in [-0.15, -0.1) is 0 Å². The molecule has 10 heteroatoms. The third kappa shape index (κ3) is 5.03. The summed E-state index contributed by atoms with van der Waals surface area (Å²) in [5.74, 6) is 1.33. The van der Waals surface area contributed by atoms with Gasteiger partial charge in [-0.1, -0.05) is 23.2 Å². The lowest BCUT2D eigenvalue weighted by atomic mass is 10.3. The van der Waals surface area contributed by atoms with Crippen molar-refractivity contribution in [2.75, 3.05) is 14.2 Å². The SMILES string of the molecule is COc1ccc(S(=O)(=O)Oc2ccc(Oc3ncc(Cl)cc3Cl)cc2)cc1OC. The summed E-state index contributed by atoms with van der Waals surface area (Å²) in [4.78, 5) is 3.91. The molecule has 0 unspecified atom stereocenters. The highest BCUT2D eigenvalue weighted by Gasteiger charge is 2.19. The quantitative estimate of drug-likeness (QED) is 0.465. The zero-order valence-corrected chi connectivity index (χ0v) is 17.6. The summed E-state index contributed by atoms with van der Waals surface area (Å²) in [5, 5.41) is 0.625. The lowest BCUT2D eigenvalue weighted by Gasteiger charge is -2.11.